The van der Waals surface area contributed by atoms with E-state index in [1.807, 2.05) is 0 Å². The summed E-state index contributed by atoms with van der Waals surface area (Å²) in [7, 11) is 0. The maximum atomic E-state index is 12.0. The van der Waals surface area contributed by atoms with Crippen LogP contribution in [-0.2, 0) is 16.1 Å². The van der Waals surface area contributed by atoms with E-state index in [0.717, 1.165) is 0 Å². The molecule has 5 nitrogen and oxygen atoms in total. The third kappa shape index (κ3) is 7.03. The normalized spacial score (nSPS) is 11.9. The van der Waals surface area contributed by atoms with E-state index in [4.69, 9.17) is 5.11 Å². The highest BCUT2D eigenvalue weighted by atomic mass is 19.4. The van der Waals surface area contributed by atoms with Crippen LogP contribution in [0.1, 0.15) is 25.8 Å². The van der Waals surface area contributed by atoms with Crippen molar-refractivity contribution in [1.29, 1.82) is 0 Å². The summed E-state index contributed by atoms with van der Waals surface area (Å²) in [4.78, 5) is 22.6. The molecule has 0 saturated heterocycles. The van der Waals surface area contributed by atoms with Crippen LogP contribution in [0.4, 0.5) is 13.2 Å². The van der Waals surface area contributed by atoms with Crippen LogP contribution in [0.15, 0.2) is 24.3 Å². The maximum Gasteiger partial charge on any atom is 0.422 e. The first-order valence-electron chi connectivity index (χ1n) is 6.78. The van der Waals surface area contributed by atoms with Crippen LogP contribution in [0, 0.1) is 5.41 Å². The minimum Gasteiger partial charge on any atom is -0.484 e. The summed E-state index contributed by atoms with van der Waals surface area (Å²) < 4.78 is 40.6. The van der Waals surface area contributed by atoms with E-state index in [1.165, 1.54) is 38.1 Å². The molecule has 0 aromatic heterocycles. The van der Waals surface area contributed by atoms with Crippen LogP contribution in [-0.4, -0.2) is 29.8 Å². The molecule has 1 aromatic carbocycles. The van der Waals surface area contributed by atoms with Crippen LogP contribution in [0.2, 0.25) is 0 Å². The molecule has 0 fully saturated rings. The van der Waals surface area contributed by atoms with Crippen molar-refractivity contribution in [2.45, 2.75) is 33.0 Å². The van der Waals surface area contributed by atoms with Gasteiger partial charge in [-0.25, -0.2) is 0 Å². The van der Waals surface area contributed by atoms with E-state index in [2.05, 4.69) is 10.1 Å². The largest absolute Gasteiger partial charge is 0.484 e. The Morgan fingerprint density at radius 3 is 2.22 bits per heavy atom. The number of ether oxygens (including phenoxy) is 1. The van der Waals surface area contributed by atoms with Gasteiger partial charge >= 0.3 is 12.1 Å². The molecular weight excluding hydrogens is 315 g/mol. The number of aliphatic carboxylic acids is 1. The van der Waals surface area contributed by atoms with Gasteiger partial charge in [0.2, 0.25) is 5.91 Å². The minimum absolute atomic E-state index is 0.0735. The van der Waals surface area contributed by atoms with Gasteiger partial charge in [0, 0.05) is 13.0 Å². The highest BCUT2D eigenvalue weighted by molar-refractivity contribution is 5.84. The summed E-state index contributed by atoms with van der Waals surface area (Å²) in [5.74, 6) is -1.42. The van der Waals surface area contributed by atoms with E-state index < -0.39 is 30.1 Å². The maximum absolute atomic E-state index is 12.0. The van der Waals surface area contributed by atoms with Crippen molar-refractivity contribution in [1.82, 2.24) is 5.32 Å². The number of hydrogen-bond acceptors (Lipinski definition) is 3. The van der Waals surface area contributed by atoms with Gasteiger partial charge in [-0.3, -0.25) is 9.59 Å². The van der Waals surface area contributed by atoms with Gasteiger partial charge in [0.05, 0.1) is 5.41 Å². The number of hydrogen-bond donors (Lipinski definition) is 2. The Kier molecular flexibility index (Phi) is 6.00. The van der Waals surface area contributed by atoms with Crippen LogP contribution < -0.4 is 10.1 Å². The van der Waals surface area contributed by atoms with E-state index in [1.54, 1.807) is 0 Å². The van der Waals surface area contributed by atoms with Gasteiger partial charge in [0.1, 0.15) is 5.75 Å². The molecule has 0 unspecified atom stereocenters. The number of halogens is 3. The lowest BCUT2D eigenvalue weighted by Crippen LogP contribution is -2.33. The molecule has 0 spiro atoms. The molecule has 0 radical (unpaired) electrons. The van der Waals surface area contributed by atoms with Gasteiger partial charge in [-0.2, -0.15) is 13.2 Å². The Morgan fingerprint density at radius 1 is 1.17 bits per heavy atom. The van der Waals surface area contributed by atoms with Gasteiger partial charge in [0.15, 0.2) is 6.61 Å². The van der Waals surface area contributed by atoms with Crippen molar-refractivity contribution in [3.05, 3.63) is 29.8 Å². The monoisotopic (exact) mass is 333 g/mol. The van der Waals surface area contributed by atoms with Gasteiger partial charge in [-0.15, -0.1) is 0 Å². The number of alkyl halides is 3. The van der Waals surface area contributed by atoms with E-state index >= 15 is 0 Å². The highest BCUT2D eigenvalue weighted by Crippen LogP contribution is 2.21. The molecule has 1 rings (SSSR count). The summed E-state index contributed by atoms with van der Waals surface area (Å²) in [6.07, 6.45) is -4.57. The minimum atomic E-state index is -4.40. The number of carboxylic acids is 1. The van der Waals surface area contributed by atoms with Crippen molar-refractivity contribution in [2.75, 3.05) is 6.61 Å². The number of carboxylic acid groups (broad SMARTS) is 1. The third-order valence-electron chi connectivity index (χ3n) is 3.00. The van der Waals surface area contributed by atoms with Crippen molar-refractivity contribution in [3.8, 4) is 5.75 Å². The second kappa shape index (κ2) is 7.34. The van der Waals surface area contributed by atoms with Crippen molar-refractivity contribution in [3.63, 3.8) is 0 Å². The predicted molar refractivity (Wildman–Crippen MR) is 75.9 cm³/mol. The molecule has 1 amide bonds. The first-order valence-corrected chi connectivity index (χ1v) is 6.78. The van der Waals surface area contributed by atoms with Crippen LogP contribution >= 0.6 is 0 Å². The molecule has 8 heteroatoms. The molecule has 0 heterocycles. The SMILES string of the molecule is CC(C)(CC(=O)NCc1ccc(OCC(F)(F)F)cc1)C(=O)O. The summed E-state index contributed by atoms with van der Waals surface area (Å²) in [6, 6.07) is 5.78. The van der Waals surface area contributed by atoms with Gasteiger partial charge in [-0.05, 0) is 31.5 Å². The Bertz CT molecular complexity index is 553. The second-order valence-corrected chi connectivity index (χ2v) is 5.69. The quantitative estimate of drug-likeness (QED) is 0.804. The number of carbonyl (C=O) groups is 2. The number of benzene rings is 1. The summed E-state index contributed by atoms with van der Waals surface area (Å²) in [5.41, 5.74) is -0.509. The molecule has 0 aliphatic carbocycles. The van der Waals surface area contributed by atoms with Gasteiger partial charge in [0.25, 0.3) is 0 Å². The zero-order valence-corrected chi connectivity index (χ0v) is 12.7. The predicted octanol–water partition coefficient (Wildman–Crippen LogP) is 2.74. The molecule has 2 N–H and O–H groups in total. The second-order valence-electron chi connectivity index (χ2n) is 5.69. The molecule has 0 saturated carbocycles. The molecule has 23 heavy (non-hydrogen) atoms. The average molecular weight is 333 g/mol. The zero-order chi connectivity index (χ0) is 17.7. The lowest BCUT2D eigenvalue weighted by atomic mass is 9.89. The standard InChI is InChI=1S/C15H18F3NO4/c1-14(2,13(21)22)7-12(20)19-8-10-3-5-11(6-4-10)23-9-15(16,17)18/h3-6H,7-9H2,1-2H3,(H,19,20)(H,21,22). The summed E-state index contributed by atoms with van der Waals surface area (Å²) >= 11 is 0. The van der Waals surface area contributed by atoms with Gasteiger partial charge < -0.3 is 15.2 Å². The van der Waals surface area contributed by atoms with Crippen molar-refractivity contribution < 1.29 is 32.6 Å². The lowest BCUT2D eigenvalue weighted by Gasteiger charge is -2.18. The number of carbonyl (C=O) groups excluding carboxylic acids is 1. The topological polar surface area (TPSA) is 75.6 Å². The molecule has 1 aromatic rings. The molecule has 0 aliphatic rings. The van der Waals surface area contributed by atoms with Crippen molar-refractivity contribution >= 4 is 11.9 Å². The molecule has 0 aliphatic heterocycles. The fourth-order valence-corrected chi connectivity index (χ4v) is 1.61. The van der Waals surface area contributed by atoms with Crippen LogP contribution in [0.3, 0.4) is 0 Å². The molecule has 128 valence electrons. The highest BCUT2D eigenvalue weighted by Gasteiger charge is 2.30. The fraction of sp³-hybridized carbons (Fsp3) is 0.467. The average Bonchev–Trinajstić information content (AvgIpc) is 2.42. The number of rotatable bonds is 7. The first kappa shape index (κ1) is 18.8. The van der Waals surface area contributed by atoms with Gasteiger partial charge in [-0.1, -0.05) is 12.1 Å². The lowest BCUT2D eigenvalue weighted by molar-refractivity contribution is -0.153. The van der Waals surface area contributed by atoms with Crippen LogP contribution in [0.25, 0.3) is 0 Å². The smallest absolute Gasteiger partial charge is 0.422 e. The zero-order valence-electron chi connectivity index (χ0n) is 12.7. The molecule has 0 atom stereocenters. The Hall–Kier alpha value is -2.25. The Labute approximate surface area is 131 Å². The van der Waals surface area contributed by atoms with Crippen molar-refractivity contribution in [2.24, 2.45) is 5.41 Å². The Morgan fingerprint density at radius 2 is 1.74 bits per heavy atom. The molecular formula is C15H18F3NO4. The van der Waals surface area contributed by atoms with Crippen LogP contribution in [0.5, 0.6) is 5.75 Å². The number of amides is 1. The third-order valence-corrected chi connectivity index (χ3v) is 3.00. The Balaban J connectivity index is 2.47. The van der Waals surface area contributed by atoms with E-state index in [9.17, 15) is 22.8 Å². The first-order chi connectivity index (χ1) is 10.5. The molecule has 0 bridgehead atoms. The summed E-state index contributed by atoms with van der Waals surface area (Å²) in [6.45, 7) is 1.67. The summed E-state index contributed by atoms with van der Waals surface area (Å²) in [5, 5.41) is 11.5. The fourth-order valence-electron chi connectivity index (χ4n) is 1.61. The number of nitrogens with one attached hydrogen (secondary N) is 1. The van der Waals surface area contributed by atoms with E-state index in [-0.39, 0.29) is 18.7 Å². The van der Waals surface area contributed by atoms with E-state index in [0.29, 0.717) is 5.56 Å².